The number of hydrogen-bond acceptors (Lipinski definition) is 6. The van der Waals surface area contributed by atoms with E-state index in [1.165, 1.54) is 11.0 Å². The van der Waals surface area contributed by atoms with Crippen LogP contribution in [0.3, 0.4) is 0 Å². The van der Waals surface area contributed by atoms with Crippen molar-refractivity contribution in [2.24, 2.45) is 17.3 Å². The molecule has 0 aromatic rings. The Morgan fingerprint density at radius 3 is 2.18 bits per heavy atom. The maximum absolute atomic E-state index is 13.8. The number of alkyl halides is 2. The van der Waals surface area contributed by atoms with Crippen LogP contribution in [-0.4, -0.2) is 75.6 Å². The summed E-state index contributed by atoms with van der Waals surface area (Å²) < 4.78 is 4.12. The molecule has 10 nitrogen and oxygen atoms in total. The van der Waals surface area contributed by atoms with Crippen molar-refractivity contribution >= 4 is 52.8 Å². The van der Waals surface area contributed by atoms with E-state index >= 15 is 0 Å². The number of carbonyl (C=O) groups excluding carboxylic acids is 5. The number of nitrogens with zero attached hydrogens (tertiary/aromatic N) is 1. The lowest BCUT2D eigenvalue weighted by atomic mass is 9.85. The predicted octanol–water partition coefficient (Wildman–Crippen LogP) is 2.88. The van der Waals surface area contributed by atoms with Gasteiger partial charge in [0.25, 0.3) is 5.91 Å². The van der Waals surface area contributed by atoms with Crippen molar-refractivity contribution in [3.05, 3.63) is 25.3 Å². The summed E-state index contributed by atoms with van der Waals surface area (Å²) in [4.78, 5) is 66.5. The van der Waals surface area contributed by atoms with E-state index in [9.17, 15) is 24.0 Å². The molecular formula is C27H40Cl2N4O6. The topological polar surface area (TPSA) is 134 Å². The van der Waals surface area contributed by atoms with Crippen molar-refractivity contribution in [2.45, 2.75) is 82.4 Å². The average molecular weight is 588 g/mol. The van der Waals surface area contributed by atoms with Gasteiger partial charge in [0.2, 0.25) is 17.6 Å². The van der Waals surface area contributed by atoms with Crippen molar-refractivity contribution in [1.29, 1.82) is 0 Å². The standard InChI is InChI=1S/C27H40Cl2N4O6/c1-9-11-12-16(19(34)22(36)30-13-10-2)31-21(35)18-17-15(27(17,28)29)14-33(18)23(37)20(25(3,4)5)32-24(38)39-26(6,7)8/h9-10,15-18,20H,1-2,11-14H2,3-8H3,(H,30,36)(H,31,35)(H,32,38)/t15?,16?,17?,18-,20?/m0/s1. The lowest BCUT2D eigenvalue weighted by Crippen LogP contribution is -2.61. The Labute approximate surface area is 240 Å². The Hall–Kier alpha value is -2.59. The van der Waals surface area contributed by atoms with Crippen LogP contribution in [0.4, 0.5) is 4.79 Å². The van der Waals surface area contributed by atoms with Crippen LogP contribution >= 0.6 is 23.2 Å². The molecule has 218 valence electrons. The van der Waals surface area contributed by atoms with Gasteiger partial charge in [-0.05, 0) is 39.0 Å². The van der Waals surface area contributed by atoms with Gasteiger partial charge in [0, 0.05) is 24.9 Å². The summed E-state index contributed by atoms with van der Waals surface area (Å²) in [7, 11) is 0. The summed E-state index contributed by atoms with van der Waals surface area (Å²) >= 11 is 12.9. The van der Waals surface area contributed by atoms with Crippen LogP contribution in [-0.2, 0) is 23.9 Å². The van der Waals surface area contributed by atoms with E-state index < -0.39 is 69.0 Å². The Morgan fingerprint density at radius 2 is 1.67 bits per heavy atom. The molecule has 39 heavy (non-hydrogen) atoms. The van der Waals surface area contributed by atoms with E-state index in [2.05, 4.69) is 29.1 Å². The molecule has 0 spiro atoms. The maximum Gasteiger partial charge on any atom is 0.408 e. The molecule has 1 heterocycles. The molecule has 1 saturated heterocycles. The number of Topliss-reactive ketones (excluding diaryl/α,β-unsaturated/α-hetero) is 1. The molecule has 4 unspecified atom stereocenters. The minimum atomic E-state index is -1.23. The van der Waals surface area contributed by atoms with E-state index in [0.717, 1.165) is 0 Å². The van der Waals surface area contributed by atoms with Gasteiger partial charge in [0.1, 0.15) is 22.0 Å². The average Bonchev–Trinajstić information content (AvgIpc) is 3.14. The lowest BCUT2D eigenvalue weighted by molar-refractivity contribution is -0.145. The smallest absolute Gasteiger partial charge is 0.408 e. The van der Waals surface area contributed by atoms with Crippen molar-refractivity contribution in [3.63, 3.8) is 0 Å². The van der Waals surface area contributed by atoms with Crippen LogP contribution in [0.1, 0.15) is 54.4 Å². The van der Waals surface area contributed by atoms with Gasteiger partial charge in [0.05, 0.1) is 6.04 Å². The molecule has 4 amide bonds. The first-order valence-corrected chi connectivity index (χ1v) is 13.6. The fourth-order valence-corrected chi connectivity index (χ4v) is 5.42. The van der Waals surface area contributed by atoms with Gasteiger partial charge in [-0.15, -0.1) is 36.4 Å². The minimum absolute atomic E-state index is 0.0845. The number of nitrogens with one attached hydrogen (secondary N) is 3. The van der Waals surface area contributed by atoms with E-state index in [1.807, 2.05) is 0 Å². The molecule has 1 aliphatic carbocycles. The minimum Gasteiger partial charge on any atom is -0.444 e. The first kappa shape index (κ1) is 32.6. The fraction of sp³-hybridized carbons (Fsp3) is 0.667. The fourth-order valence-electron chi connectivity index (χ4n) is 4.59. The lowest BCUT2D eigenvalue weighted by Gasteiger charge is -2.37. The summed E-state index contributed by atoms with van der Waals surface area (Å²) in [5.74, 6) is -3.84. The van der Waals surface area contributed by atoms with Gasteiger partial charge in [-0.25, -0.2) is 4.79 Å². The van der Waals surface area contributed by atoms with E-state index in [-0.39, 0.29) is 25.4 Å². The van der Waals surface area contributed by atoms with Crippen molar-refractivity contribution in [3.8, 4) is 0 Å². The van der Waals surface area contributed by atoms with Crippen LogP contribution in [0.15, 0.2) is 25.3 Å². The Kier molecular flexibility index (Phi) is 10.3. The molecule has 1 saturated carbocycles. The summed E-state index contributed by atoms with van der Waals surface area (Å²) in [6.07, 6.45) is 2.70. The maximum atomic E-state index is 13.8. The number of alkyl carbamates (subject to hydrolysis) is 1. The Morgan fingerprint density at radius 1 is 1.05 bits per heavy atom. The number of fused-ring (bicyclic) bond motifs is 1. The number of amides is 4. The third kappa shape index (κ3) is 7.97. The molecule has 0 aromatic heterocycles. The molecule has 12 heteroatoms. The molecule has 0 bridgehead atoms. The van der Waals surface area contributed by atoms with Gasteiger partial charge in [0.15, 0.2) is 0 Å². The second kappa shape index (κ2) is 12.3. The highest BCUT2D eigenvalue weighted by molar-refractivity contribution is 6.51. The number of likely N-dealkylation sites (tertiary alicyclic amines) is 1. The van der Waals surface area contributed by atoms with Crippen LogP contribution in [0.25, 0.3) is 0 Å². The first-order chi connectivity index (χ1) is 17.9. The van der Waals surface area contributed by atoms with Gasteiger partial charge in [-0.3, -0.25) is 19.2 Å². The monoisotopic (exact) mass is 586 g/mol. The molecule has 2 fully saturated rings. The molecule has 2 rings (SSSR count). The summed E-state index contributed by atoms with van der Waals surface area (Å²) in [5.41, 5.74) is -1.53. The molecular weight excluding hydrogens is 547 g/mol. The number of ketones is 1. The van der Waals surface area contributed by atoms with Gasteiger partial charge in [-0.2, -0.15) is 0 Å². The number of allylic oxidation sites excluding steroid dienone is 1. The SMILES string of the molecule is C=CCCC(NC(=O)[C@@H]1C2C(CN1C(=O)C(NC(=O)OC(C)(C)C)C(C)(C)C)C2(Cl)Cl)C(=O)C(=O)NCC=C. The highest BCUT2D eigenvalue weighted by atomic mass is 35.5. The first-order valence-electron chi connectivity index (χ1n) is 12.9. The van der Waals surface area contributed by atoms with Crippen LogP contribution in [0, 0.1) is 17.3 Å². The van der Waals surface area contributed by atoms with Gasteiger partial charge < -0.3 is 25.6 Å². The number of carbonyl (C=O) groups is 5. The highest BCUT2D eigenvalue weighted by Crippen LogP contribution is 2.65. The number of halogens is 2. The summed E-state index contributed by atoms with van der Waals surface area (Å²) in [6.45, 7) is 17.7. The number of rotatable bonds is 11. The third-order valence-corrected chi connectivity index (χ3v) is 7.65. The molecule has 3 N–H and O–H groups in total. The number of piperidine rings is 1. The van der Waals surface area contributed by atoms with E-state index in [0.29, 0.717) is 6.42 Å². The highest BCUT2D eigenvalue weighted by Gasteiger charge is 2.74. The summed E-state index contributed by atoms with van der Waals surface area (Å²) in [6, 6.07) is -3.31. The molecule has 0 radical (unpaired) electrons. The van der Waals surface area contributed by atoms with Gasteiger partial charge in [-0.1, -0.05) is 32.9 Å². The quantitative estimate of drug-likeness (QED) is 0.193. The second-order valence-corrected chi connectivity index (χ2v) is 13.4. The largest absolute Gasteiger partial charge is 0.444 e. The van der Waals surface area contributed by atoms with E-state index in [4.69, 9.17) is 27.9 Å². The zero-order chi connectivity index (χ0) is 29.9. The zero-order valence-corrected chi connectivity index (χ0v) is 24.9. The molecule has 1 aliphatic heterocycles. The predicted molar refractivity (Wildman–Crippen MR) is 149 cm³/mol. The number of ether oxygens (including phenoxy) is 1. The Balaban J connectivity index is 2.32. The van der Waals surface area contributed by atoms with Crippen LogP contribution in [0.5, 0.6) is 0 Å². The van der Waals surface area contributed by atoms with Crippen molar-refractivity contribution < 1.29 is 28.7 Å². The molecule has 0 aromatic carbocycles. The normalized spacial score (nSPS) is 23.0. The van der Waals surface area contributed by atoms with E-state index in [1.54, 1.807) is 47.6 Å². The summed E-state index contributed by atoms with van der Waals surface area (Å²) in [5, 5.41) is 7.69. The molecule has 2 aliphatic rings. The van der Waals surface area contributed by atoms with Crippen LogP contribution in [0.2, 0.25) is 0 Å². The third-order valence-electron chi connectivity index (χ3n) is 6.58. The zero-order valence-electron chi connectivity index (χ0n) is 23.4. The second-order valence-electron chi connectivity index (χ2n) is 12.0. The van der Waals surface area contributed by atoms with Crippen LogP contribution < -0.4 is 16.0 Å². The van der Waals surface area contributed by atoms with Gasteiger partial charge >= 0.3 is 6.09 Å². The van der Waals surface area contributed by atoms with Crippen molar-refractivity contribution in [1.82, 2.24) is 20.9 Å². The molecule has 5 atom stereocenters. The Bertz CT molecular complexity index is 1020. The number of hydrogen-bond donors (Lipinski definition) is 3. The van der Waals surface area contributed by atoms with Crippen molar-refractivity contribution in [2.75, 3.05) is 13.1 Å².